The van der Waals surface area contributed by atoms with Gasteiger partial charge in [-0.2, -0.15) is 0 Å². The Kier molecular flexibility index (Phi) is 4.01. The maximum Gasteiger partial charge on any atom is 0.194 e. The van der Waals surface area contributed by atoms with Gasteiger partial charge < -0.3 is 9.72 Å². The topological polar surface area (TPSA) is 68.0 Å². The molecule has 0 unspecified atom stereocenters. The van der Waals surface area contributed by atoms with Gasteiger partial charge in [0.2, 0.25) is 0 Å². The van der Waals surface area contributed by atoms with Crippen molar-refractivity contribution in [3.8, 4) is 0 Å². The van der Waals surface area contributed by atoms with Crippen LogP contribution in [0.2, 0.25) is 0 Å². The van der Waals surface area contributed by atoms with Crippen molar-refractivity contribution in [1.29, 1.82) is 0 Å². The normalized spacial score (nSPS) is 11.0. The van der Waals surface area contributed by atoms with Gasteiger partial charge in [-0.1, -0.05) is 6.92 Å². The average Bonchev–Trinajstić information content (AvgIpc) is 2.94. The summed E-state index contributed by atoms with van der Waals surface area (Å²) in [6.07, 6.45) is 8.43. The summed E-state index contributed by atoms with van der Waals surface area (Å²) in [6.45, 7) is 4.96. The summed E-state index contributed by atoms with van der Waals surface area (Å²) >= 11 is 1.43. The highest BCUT2D eigenvalue weighted by atomic mass is 32.2. The Labute approximate surface area is 127 Å². The number of hydrogen-bond donors (Lipinski definition) is 1. The van der Waals surface area contributed by atoms with E-state index in [0.29, 0.717) is 5.16 Å². The molecule has 0 saturated heterocycles. The van der Waals surface area contributed by atoms with Crippen LogP contribution in [-0.2, 0) is 0 Å². The molecule has 0 aliphatic rings. The van der Waals surface area contributed by atoms with Crippen LogP contribution in [0.25, 0.3) is 5.65 Å². The molecular weight excluding hydrogens is 284 g/mol. The van der Waals surface area contributed by atoms with Crippen molar-refractivity contribution in [2.45, 2.75) is 30.5 Å². The van der Waals surface area contributed by atoms with Crippen LogP contribution in [0, 0.1) is 6.92 Å². The number of aromatic nitrogens is 5. The fraction of sp³-hybridized carbons (Fsp3) is 0.286. The van der Waals surface area contributed by atoms with Gasteiger partial charge in [0.25, 0.3) is 0 Å². The predicted octanol–water partition coefficient (Wildman–Crippen LogP) is 2.80. The van der Waals surface area contributed by atoms with Crippen molar-refractivity contribution >= 4 is 23.2 Å². The molecule has 1 N–H and O–H groups in total. The van der Waals surface area contributed by atoms with E-state index in [2.05, 4.69) is 32.2 Å². The van der Waals surface area contributed by atoms with Gasteiger partial charge in [0.1, 0.15) is 10.8 Å². The summed E-state index contributed by atoms with van der Waals surface area (Å²) < 4.78 is 1.96. The smallest absolute Gasteiger partial charge is 0.194 e. The van der Waals surface area contributed by atoms with Crippen molar-refractivity contribution in [1.82, 2.24) is 24.3 Å². The molecule has 0 saturated carbocycles. The van der Waals surface area contributed by atoms with Crippen LogP contribution in [0.4, 0.5) is 5.82 Å². The van der Waals surface area contributed by atoms with Crippen LogP contribution in [0.1, 0.15) is 19.0 Å². The zero-order chi connectivity index (χ0) is 14.7. The van der Waals surface area contributed by atoms with E-state index >= 15 is 0 Å². The first kappa shape index (κ1) is 13.8. The third-order valence-corrected chi connectivity index (χ3v) is 3.71. The molecule has 7 heteroatoms. The fourth-order valence-corrected chi connectivity index (χ4v) is 2.74. The molecule has 0 fully saturated rings. The number of fused-ring (bicyclic) bond motifs is 1. The van der Waals surface area contributed by atoms with Crippen LogP contribution in [0.15, 0.2) is 41.0 Å². The number of imidazole rings is 1. The average molecular weight is 300 g/mol. The van der Waals surface area contributed by atoms with Crippen molar-refractivity contribution in [2.75, 3.05) is 11.9 Å². The van der Waals surface area contributed by atoms with E-state index in [9.17, 15) is 0 Å². The number of rotatable bonds is 5. The summed E-state index contributed by atoms with van der Waals surface area (Å²) in [4.78, 5) is 17.7. The Morgan fingerprint density at radius 3 is 2.95 bits per heavy atom. The SMILES string of the molecule is CCCNc1cn2ccnc2c(Sc2nccc(C)n2)n1. The Hall–Kier alpha value is -2.15. The predicted molar refractivity (Wildman–Crippen MR) is 82.7 cm³/mol. The molecule has 0 aliphatic heterocycles. The Balaban J connectivity index is 1.97. The van der Waals surface area contributed by atoms with Crippen molar-refractivity contribution in [3.05, 3.63) is 36.5 Å². The zero-order valence-electron chi connectivity index (χ0n) is 11.9. The lowest BCUT2D eigenvalue weighted by molar-refractivity contribution is 0.919. The van der Waals surface area contributed by atoms with E-state index in [4.69, 9.17) is 0 Å². The van der Waals surface area contributed by atoms with Crippen LogP contribution >= 0.6 is 11.8 Å². The van der Waals surface area contributed by atoms with Crippen LogP contribution in [0.3, 0.4) is 0 Å². The first-order valence-corrected chi connectivity index (χ1v) is 7.63. The number of nitrogens with zero attached hydrogens (tertiary/aromatic N) is 5. The second-order valence-electron chi connectivity index (χ2n) is 4.60. The molecule has 0 atom stereocenters. The minimum atomic E-state index is 0.681. The summed E-state index contributed by atoms with van der Waals surface area (Å²) in [5.41, 5.74) is 1.75. The van der Waals surface area contributed by atoms with Crippen LogP contribution in [-0.4, -0.2) is 30.9 Å². The number of nitrogens with one attached hydrogen (secondary N) is 1. The first-order valence-electron chi connectivity index (χ1n) is 6.81. The van der Waals surface area contributed by atoms with Gasteiger partial charge >= 0.3 is 0 Å². The quantitative estimate of drug-likeness (QED) is 0.731. The maximum absolute atomic E-state index is 4.62. The highest BCUT2D eigenvalue weighted by molar-refractivity contribution is 7.99. The van der Waals surface area contributed by atoms with Gasteiger partial charge in [-0.05, 0) is 31.2 Å². The molecule has 0 bridgehead atoms. The Morgan fingerprint density at radius 2 is 2.14 bits per heavy atom. The molecule has 0 amide bonds. The van der Waals surface area contributed by atoms with Crippen LogP contribution < -0.4 is 5.32 Å². The van der Waals surface area contributed by atoms with Gasteiger partial charge in [0.15, 0.2) is 10.8 Å². The summed E-state index contributed by atoms with van der Waals surface area (Å²) in [6, 6.07) is 1.88. The molecule has 0 aromatic carbocycles. The fourth-order valence-electron chi connectivity index (χ4n) is 1.87. The minimum Gasteiger partial charge on any atom is -0.369 e. The second kappa shape index (κ2) is 6.09. The first-order chi connectivity index (χ1) is 10.3. The molecule has 0 aliphatic carbocycles. The molecule has 21 heavy (non-hydrogen) atoms. The van der Waals surface area contributed by atoms with Crippen LogP contribution in [0.5, 0.6) is 0 Å². The number of hydrogen-bond acceptors (Lipinski definition) is 6. The Bertz CT molecular complexity index is 754. The van der Waals surface area contributed by atoms with Gasteiger partial charge in [0.05, 0.1) is 6.20 Å². The molecule has 108 valence electrons. The van der Waals surface area contributed by atoms with Gasteiger partial charge in [-0.15, -0.1) is 0 Å². The van der Waals surface area contributed by atoms with E-state index in [1.54, 1.807) is 12.4 Å². The van der Waals surface area contributed by atoms with Gasteiger partial charge in [-0.25, -0.2) is 19.9 Å². The Morgan fingerprint density at radius 1 is 1.24 bits per heavy atom. The largest absolute Gasteiger partial charge is 0.369 e. The molecule has 3 rings (SSSR count). The number of anilines is 1. The monoisotopic (exact) mass is 300 g/mol. The van der Waals surface area contributed by atoms with E-state index in [1.165, 1.54) is 11.8 Å². The second-order valence-corrected chi connectivity index (χ2v) is 5.55. The van der Waals surface area contributed by atoms with Crippen molar-refractivity contribution < 1.29 is 0 Å². The highest BCUT2D eigenvalue weighted by Crippen LogP contribution is 2.27. The molecular formula is C14H16N6S. The lowest BCUT2D eigenvalue weighted by atomic mass is 10.5. The van der Waals surface area contributed by atoms with Crippen molar-refractivity contribution in [3.63, 3.8) is 0 Å². The maximum atomic E-state index is 4.62. The standard InChI is InChI=1S/C14H16N6S/c1-3-5-15-11-9-20-8-7-16-12(20)13(19-11)21-14-17-6-4-10(2)18-14/h4,6-9,15H,3,5H2,1-2H3. The van der Waals surface area contributed by atoms with E-state index in [-0.39, 0.29) is 0 Å². The van der Waals surface area contributed by atoms with Gasteiger partial charge in [-0.3, -0.25) is 0 Å². The third kappa shape index (κ3) is 3.13. The third-order valence-electron chi connectivity index (χ3n) is 2.86. The summed E-state index contributed by atoms with van der Waals surface area (Å²) in [5, 5.41) is 4.78. The zero-order valence-corrected chi connectivity index (χ0v) is 12.8. The molecule has 0 radical (unpaired) electrons. The molecule has 3 aromatic rings. The van der Waals surface area contributed by atoms with E-state index in [0.717, 1.165) is 35.2 Å². The summed E-state index contributed by atoms with van der Waals surface area (Å²) in [7, 11) is 0. The molecule has 3 aromatic heterocycles. The number of aryl methyl sites for hydroxylation is 1. The summed E-state index contributed by atoms with van der Waals surface area (Å²) in [5.74, 6) is 0.831. The van der Waals surface area contributed by atoms with E-state index in [1.807, 2.05) is 29.8 Å². The minimum absolute atomic E-state index is 0.681. The van der Waals surface area contributed by atoms with E-state index < -0.39 is 0 Å². The van der Waals surface area contributed by atoms with Gasteiger partial charge in [0, 0.05) is 30.8 Å². The highest BCUT2D eigenvalue weighted by Gasteiger charge is 2.11. The lowest BCUT2D eigenvalue weighted by Gasteiger charge is -2.08. The lowest BCUT2D eigenvalue weighted by Crippen LogP contribution is -2.04. The molecule has 6 nitrogen and oxygen atoms in total. The van der Waals surface area contributed by atoms with Crippen molar-refractivity contribution in [2.24, 2.45) is 0 Å². The molecule has 3 heterocycles. The molecule has 0 spiro atoms.